The first kappa shape index (κ1) is 33.9. The number of carbonyl (C=O) groups is 1. The molecule has 0 radical (unpaired) electrons. The molecule has 0 aliphatic carbocycles. The number of likely N-dealkylation sites (tertiary alicyclic amines) is 3. The number of nitrogens with zero attached hydrogens (tertiary/aromatic N) is 6. The summed E-state index contributed by atoms with van der Waals surface area (Å²) in [5.74, 6) is -0.0196. The molecule has 4 fully saturated rings. The highest BCUT2D eigenvalue weighted by Crippen LogP contribution is 2.54. The molecule has 3 aromatic rings. The molecular formula is C37H42N6O7S. The van der Waals surface area contributed by atoms with Crippen LogP contribution in [-0.2, 0) is 25.1 Å². The number of amides is 1. The molecule has 1 amide bonds. The lowest BCUT2D eigenvalue weighted by atomic mass is 9.76. The van der Waals surface area contributed by atoms with E-state index in [-0.39, 0.29) is 34.9 Å². The van der Waals surface area contributed by atoms with Gasteiger partial charge in [0.05, 0.1) is 51.4 Å². The van der Waals surface area contributed by atoms with E-state index in [0.717, 1.165) is 56.5 Å². The maximum absolute atomic E-state index is 15.4. The SMILES string of the molecule is CCOc1ncccc1C1(N2CC(N3CCC(N4CC5(COC5)C4)CC3)C2)C(=O)N(S(=O)(=O)c2ccc(OC)cc2OC)c2ccc(C#N)cc21. The predicted molar refractivity (Wildman–Crippen MR) is 186 cm³/mol. The highest BCUT2D eigenvalue weighted by Gasteiger charge is 2.63. The van der Waals surface area contributed by atoms with Crippen LogP contribution in [0.2, 0.25) is 0 Å². The molecule has 0 N–H and O–H groups in total. The summed E-state index contributed by atoms with van der Waals surface area (Å²) in [4.78, 5) is 26.8. The zero-order valence-electron chi connectivity index (χ0n) is 29.1. The van der Waals surface area contributed by atoms with Crippen molar-refractivity contribution >= 4 is 21.6 Å². The van der Waals surface area contributed by atoms with E-state index < -0.39 is 21.5 Å². The summed E-state index contributed by atoms with van der Waals surface area (Å²) in [7, 11) is -1.71. The molecule has 0 bridgehead atoms. The number of methoxy groups -OCH3 is 2. The van der Waals surface area contributed by atoms with Crippen molar-refractivity contribution in [2.24, 2.45) is 5.41 Å². The van der Waals surface area contributed by atoms with Crippen molar-refractivity contribution in [3.05, 3.63) is 71.4 Å². The first-order chi connectivity index (χ1) is 24.7. The van der Waals surface area contributed by atoms with Gasteiger partial charge in [0, 0.05) is 80.2 Å². The Morgan fingerprint density at radius 1 is 0.980 bits per heavy atom. The predicted octanol–water partition coefficient (Wildman–Crippen LogP) is 2.83. The van der Waals surface area contributed by atoms with E-state index in [9.17, 15) is 13.7 Å². The number of carbonyl (C=O) groups excluding carboxylic acids is 1. The lowest BCUT2D eigenvalue weighted by molar-refractivity contribution is -0.202. The van der Waals surface area contributed by atoms with Gasteiger partial charge in [-0.2, -0.15) is 5.26 Å². The third-order valence-electron chi connectivity index (χ3n) is 11.3. The summed E-state index contributed by atoms with van der Waals surface area (Å²) in [5.41, 5.74) is 0.0317. The molecule has 2 aromatic carbocycles. The van der Waals surface area contributed by atoms with E-state index >= 15 is 4.79 Å². The number of piperidine rings is 1. The van der Waals surface area contributed by atoms with Gasteiger partial charge < -0.3 is 18.9 Å². The van der Waals surface area contributed by atoms with E-state index in [1.165, 1.54) is 44.6 Å². The number of hydrogen-bond acceptors (Lipinski definition) is 12. The summed E-state index contributed by atoms with van der Waals surface area (Å²) in [5, 5.41) is 10.0. The number of rotatable bonds is 10. The fourth-order valence-electron chi connectivity index (χ4n) is 8.65. The quantitative estimate of drug-likeness (QED) is 0.305. The minimum Gasteiger partial charge on any atom is -0.497 e. The molecule has 268 valence electrons. The van der Waals surface area contributed by atoms with Crippen LogP contribution in [0.25, 0.3) is 0 Å². The Balaban J connectivity index is 1.16. The van der Waals surface area contributed by atoms with Crippen LogP contribution < -0.4 is 18.5 Å². The van der Waals surface area contributed by atoms with Crippen molar-refractivity contribution in [2.75, 3.05) is 77.6 Å². The zero-order valence-corrected chi connectivity index (χ0v) is 29.9. The van der Waals surface area contributed by atoms with E-state index in [2.05, 4.69) is 20.9 Å². The van der Waals surface area contributed by atoms with Crippen molar-refractivity contribution in [2.45, 2.75) is 42.3 Å². The molecule has 1 atom stereocenters. The fraction of sp³-hybridized carbons (Fsp3) is 0.486. The first-order valence-electron chi connectivity index (χ1n) is 17.4. The summed E-state index contributed by atoms with van der Waals surface area (Å²) < 4.78 is 52.6. The highest BCUT2D eigenvalue weighted by atomic mass is 32.2. The van der Waals surface area contributed by atoms with Gasteiger partial charge in [-0.15, -0.1) is 0 Å². The van der Waals surface area contributed by atoms with Gasteiger partial charge in [0.2, 0.25) is 5.88 Å². The third kappa shape index (κ3) is 5.20. The van der Waals surface area contributed by atoms with Crippen LogP contribution in [0.15, 0.2) is 59.6 Å². The van der Waals surface area contributed by atoms with Gasteiger partial charge in [-0.05, 0) is 62.2 Å². The van der Waals surface area contributed by atoms with Gasteiger partial charge in [0.25, 0.3) is 15.9 Å². The number of pyridine rings is 1. The zero-order chi connectivity index (χ0) is 35.5. The summed E-state index contributed by atoms with van der Waals surface area (Å²) >= 11 is 0. The number of hydrogen-bond donors (Lipinski definition) is 0. The van der Waals surface area contributed by atoms with Crippen molar-refractivity contribution in [3.8, 4) is 23.4 Å². The number of benzene rings is 2. The Morgan fingerprint density at radius 2 is 1.75 bits per heavy atom. The number of anilines is 1. The van der Waals surface area contributed by atoms with Crippen molar-refractivity contribution in [1.29, 1.82) is 5.26 Å². The summed E-state index contributed by atoms with van der Waals surface area (Å²) in [6.45, 7) is 9.06. The topological polar surface area (TPSA) is 138 Å². The fourth-order valence-corrected chi connectivity index (χ4v) is 10.2. The molecule has 1 aromatic heterocycles. The molecule has 51 heavy (non-hydrogen) atoms. The van der Waals surface area contributed by atoms with Gasteiger partial charge in [-0.3, -0.25) is 19.5 Å². The minimum atomic E-state index is -4.55. The Hall–Kier alpha value is -4.26. The van der Waals surface area contributed by atoms with Gasteiger partial charge in [0.1, 0.15) is 16.4 Å². The molecule has 6 heterocycles. The highest BCUT2D eigenvalue weighted by molar-refractivity contribution is 7.93. The second kappa shape index (κ2) is 12.8. The van der Waals surface area contributed by atoms with Gasteiger partial charge in [0.15, 0.2) is 5.54 Å². The number of sulfonamides is 1. The summed E-state index contributed by atoms with van der Waals surface area (Å²) in [6.07, 6.45) is 3.75. The van der Waals surface area contributed by atoms with Gasteiger partial charge in [-0.25, -0.2) is 17.7 Å². The lowest BCUT2D eigenvalue weighted by Gasteiger charge is -2.59. The monoisotopic (exact) mass is 714 g/mol. The molecule has 5 aliphatic heterocycles. The third-order valence-corrected chi connectivity index (χ3v) is 13.1. The van der Waals surface area contributed by atoms with Crippen molar-refractivity contribution < 1.29 is 32.2 Å². The first-order valence-corrected chi connectivity index (χ1v) is 18.9. The smallest absolute Gasteiger partial charge is 0.274 e. The molecular weight excluding hydrogens is 673 g/mol. The van der Waals surface area contributed by atoms with Crippen molar-refractivity contribution in [3.63, 3.8) is 0 Å². The normalized spacial score (nSPS) is 24.0. The second-order valence-corrected chi connectivity index (χ2v) is 15.9. The van der Waals surface area contributed by atoms with Crippen LogP contribution in [-0.4, -0.2) is 119 Å². The van der Waals surface area contributed by atoms with Crippen LogP contribution in [0.4, 0.5) is 5.69 Å². The van der Waals surface area contributed by atoms with Gasteiger partial charge >= 0.3 is 0 Å². The van der Waals surface area contributed by atoms with Crippen LogP contribution >= 0.6 is 0 Å². The van der Waals surface area contributed by atoms with Crippen LogP contribution in [0.1, 0.15) is 36.5 Å². The standard InChI is InChI=1S/C37H42N6O7S/c1-4-50-34-29(6-5-13-39-34)37(42-19-27(20-42)40-14-11-26(12-15-40)41-21-36(22-41)23-49-24-36)30-16-25(18-38)7-9-31(30)43(35(37)44)51(45,46)33-10-8-28(47-2)17-32(33)48-3/h5-10,13,16-17,26-27H,4,11-12,14-15,19-24H2,1-3H3. The lowest BCUT2D eigenvalue weighted by Crippen LogP contribution is -2.71. The largest absolute Gasteiger partial charge is 0.497 e. The molecule has 1 unspecified atom stereocenters. The number of nitriles is 1. The Kier molecular flexibility index (Phi) is 8.46. The van der Waals surface area contributed by atoms with E-state index in [0.29, 0.717) is 47.0 Å². The molecule has 4 saturated heterocycles. The average molecular weight is 715 g/mol. The average Bonchev–Trinajstić information content (AvgIpc) is 3.35. The van der Waals surface area contributed by atoms with Crippen LogP contribution in [0.5, 0.6) is 17.4 Å². The van der Waals surface area contributed by atoms with E-state index in [1.807, 2.05) is 11.8 Å². The second-order valence-electron chi connectivity index (χ2n) is 14.2. The molecule has 1 spiro atoms. The molecule has 13 nitrogen and oxygen atoms in total. The summed E-state index contributed by atoms with van der Waals surface area (Å²) in [6, 6.07) is 15.5. The Bertz CT molecular complexity index is 1990. The number of fused-ring (bicyclic) bond motifs is 1. The molecule has 8 rings (SSSR count). The number of aromatic nitrogens is 1. The van der Waals surface area contributed by atoms with Crippen LogP contribution in [0, 0.1) is 16.7 Å². The van der Waals surface area contributed by atoms with Crippen LogP contribution in [0.3, 0.4) is 0 Å². The van der Waals surface area contributed by atoms with Gasteiger partial charge in [-0.1, -0.05) is 0 Å². The van der Waals surface area contributed by atoms with E-state index in [4.69, 9.17) is 18.9 Å². The maximum atomic E-state index is 15.4. The van der Waals surface area contributed by atoms with E-state index in [1.54, 1.807) is 24.4 Å². The Labute approximate surface area is 298 Å². The Morgan fingerprint density at radius 3 is 2.39 bits per heavy atom. The molecule has 14 heteroatoms. The molecule has 0 saturated carbocycles. The molecule has 5 aliphatic rings. The maximum Gasteiger partial charge on any atom is 0.274 e. The minimum absolute atomic E-state index is 0.0352. The van der Waals surface area contributed by atoms with Crippen molar-refractivity contribution in [1.82, 2.24) is 19.7 Å². The number of ether oxygens (including phenoxy) is 4.